The number of hydrogen-bond acceptors (Lipinski definition) is 1. The van der Waals surface area contributed by atoms with E-state index in [-0.39, 0.29) is 5.92 Å². The van der Waals surface area contributed by atoms with Crippen LogP contribution in [-0.4, -0.2) is 11.1 Å². The molecule has 1 aliphatic rings. The summed E-state index contributed by atoms with van der Waals surface area (Å²) in [7, 11) is 0. The minimum Gasteiger partial charge on any atom is -0.481 e. The Morgan fingerprint density at radius 3 is 2.56 bits per heavy atom. The van der Waals surface area contributed by atoms with Gasteiger partial charge in [-0.1, -0.05) is 40.0 Å². The van der Waals surface area contributed by atoms with Gasteiger partial charge in [-0.25, -0.2) is 0 Å². The van der Waals surface area contributed by atoms with Crippen molar-refractivity contribution in [3.8, 4) is 0 Å². The Morgan fingerprint density at radius 1 is 1.38 bits per heavy atom. The Balaban J connectivity index is 2.67. The van der Waals surface area contributed by atoms with Crippen molar-refractivity contribution in [1.29, 1.82) is 0 Å². The molecule has 2 nitrogen and oxygen atoms in total. The zero-order valence-corrected chi connectivity index (χ0v) is 10.9. The van der Waals surface area contributed by atoms with Gasteiger partial charge in [0.05, 0.1) is 5.92 Å². The molecule has 2 heteroatoms. The van der Waals surface area contributed by atoms with Crippen LogP contribution in [0.15, 0.2) is 0 Å². The van der Waals surface area contributed by atoms with Gasteiger partial charge in [-0.2, -0.15) is 0 Å². The summed E-state index contributed by atoms with van der Waals surface area (Å²) in [6.07, 6.45) is 6.69. The van der Waals surface area contributed by atoms with E-state index in [2.05, 4.69) is 20.8 Å². The summed E-state index contributed by atoms with van der Waals surface area (Å²) in [5, 5.41) is 9.28. The molecule has 16 heavy (non-hydrogen) atoms. The lowest BCUT2D eigenvalue weighted by molar-refractivity contribution is -0.146. The maximum Gasteiger partial charge on any atom is 0.306 e. The van der Waals surface area contributed by atoms with Crippen LogP contribution in [0.4, 0.5) is 0 Å². The molecule has 4 unspecified atom stereocenters. The van der Waals surface area contributed by atoms with E-state index in [0.29, 0.717) is 11.8 Å². The summed E-state index contributed by atoms with van der Waals surface area (Å²) in [4.78, 5) is 11.3. The van der Waals surface area contributed by atoms with Crippen molar-refractivity contribution in [2.24, 2.45) is 23.7 Å². The lowest BCUT2D eigenvalue weighted by atomic mass is 9.67. The van der Waals surface area contributed by atoms with Gasteiger partial charge < -0.3 is 5.11 Å². The van der Waals surface area contributed by atoms with E-state index in [1.807, 2.05) is 0 Å². The maximum atomic E-state index is 11.3. The average molecular weight is 226 g/mol. The molecular weight excluding hydrogens is 200 g/mol. The Hall–Kier alpha value is -0.530. The topological polar surface area (TPSA) is 37.3 Å². The molecule has 4 atom stereocenters. The number of hydrogen-bond donors (Lipinski definition) is 1. The Labute approximate surface area is 99.4 Å². The van der Waals surface area contributed by atoms with Crippen LogP contribution in [0, 0.1) is 23.7 Å². The zero-order valence-electron chi connectivity index (χ0n) is 10.9. The van der Waals surface area contributed by atoms with Gasteiger partial charge in [0.2, 0.25) is 0 Å². The smallest absolute Gasteiger partial charge is 0.306 e. The highest BCUT2D eigenvalue weighted by Crippen LogP contribution is 2.40. The minimum atomic E-state index is -0.567. The van der Waals surface area contributed by atoms with Crippen LogP contribution in [0.3, 0.4) is 0 Å². The van der Waals surface area contributed by atoms with Crippen molar-refractivity contribution in [3.63, 3.8) is 0 Å². The third-order valence-corrected chi connectivity index (χ3v) is 4.38. The van der Waals surface area contributed by atoms with E-state index in [1.165, 1.54) is 19.3 Å². The molecule has 0 aromatic heterocycles. The monoisotopic (exact) mass is 226 g/mol. The third-order valence-electron chi connectivity index (χ3n) is 4.38. The predicted octanol–water partition coefficient (Wildman–Crippen LogP) is 3.95. The Bertz CT molecular complexity index is 225. The fourth-order valence-corrected chi connectivity index (χ4v) is 3.27. The van der Waals surface area contributed by atoms with Gasteiger partial charge in [0.25, 0.3) is 0 Å². The van der Waals surface area contributed by atoms with Crippen molar-refractivity contribution in [3.05, 3.63) is 0 Å². The van der Waals surface area contributed by atoms with E-state index in [1.54, 1.807) is 0 Å². The summed E-state index contributed by atoms with van der Waals surface area (Å²) in [6.45, 7) is 6.65. The first-order valence-electron chi connectivity index (χ1n) is 6.82. The van der Waals surface area contributed by atoms with Crippen molar-refractivity contribution < 1.29 is 9.90 Å². The van der Waals surface area contributed by atoms with Crippen molar-refractivity contribution in [1.82, 2.24) is 0 Å². The van der Waals surface area contributed by atoms with E-state index in [9.17, 15) is 9.90 Å². The summed E-state index contributed by atoms with van der Waals surface area (Å²) < 4.78 is 0. The zero-order chi connectivity index (χ0) is 12.1. The molecule has 0 aliphatic heterocycles. The highest BCUT2D eigenvalue weighted by Gasteiger charge is 2.36. The summed E-state index contributed by atoms with van der Waals surface area (Å²) in [6, 6.07) is 0. The van der Waals surface area contributed by atoms with Gasteiger partial charge in [-0.15, -0.1) is 0 Å². The maximum absolute atomic E-state index is 11.3. The average Bonchev–Trinajstić information content (AvgIpc) is 2.28. The van der Waals surface area contributed by atoms with Crippen LogP contribution < -0.4 is 0 Å². The van der Waals surface area contributed by atoms with Crippen LogP contribution in [0.2, 0.25) is 0 Å². The van der Waals surface area contributed by atoms with Crippen LogP contribution >= 0.6 is 0 Å². The molecular formula is C14H26O2. The second-order valence-electron chi connectivity index (χ2n) is 5.46. The number of carbonyl (C=O) groups is 1. The van der Waals surface area contributed by atoms with Crippen molar-refractivity contribution in [2.45, 2.75) is 59.3 Å². The van der Waals surface area contributed by atoms with E-state index in [4.69, 9.17) is 0 Å². The fraction of sp³-hybridized carbons (Fsp3) is 0.929. The number of carboxylic acids is 1. The molecule has 0 aromatic rings. The van der Waals surface area contributed by atoms with Gasteiger partial charge in [-0.3, -0.25) is 4.79 Å². The normalized spacial score (nSPS) is 32.3. The number of carboxylic acid groups (broad SMARTS) is 1. The molecule has 0 amide bonds. The first kappa shape index (κ1) is 13.5. The Kier molecular flexibility index (Phi) is 5.30. The van der Waals surface area contributed by atoms with Crippen LogP contribution in [0.25, 0.3) is 0 Å². The van der Waals surface area contributed by atoms with Gasteiger partial charge in [0, 0.05) is 0 Å². The first-order chi connectivity index (χ1) is 7.60. The Morgan fingerprint density at radius 2 is 2.06 bits per heavy atom. The lowest BCUT2D eigenvalue weighted by Crippen LogP contribution is -2.34. The number of rotatable bonds is 5. The SMILES string of the molecule is CCCC(C)C1CC(CC)CCC1C(=O)O. The molecule has 1 fully saturated rings. The van der Waals surface area contributed by atoms with E-state index < -0.39 is 5.97 Å². The summed E-state index contributed by atoms with van der Waals surface area (Å²) in [5.74, 6) is 1.10. The molecule has 1 rings (SSSR count). The lowest BCUT2D eigenvalue weighted by Gasteiger charge is -2.37. The van der Waals surface area contributed by atoms with Crippen molar-refractivity contribution >= 4 is 5.97 Å². The van der Waals surface area contributed by atoms with Gasteiger partial charge in [-0.05, 0) is 37.0 Å². The van der Waals surface area contributed by atoms with E-state index >= 15 is 0 Å². The molecule has 0 saturated heterocycles. The van der Waals surface area contributed by atoms with Gasteiger partial charge in [0.15, 0.2) is 0 Å². The summed E-state index contributed by atoms with van der Waals surface area (Å²) >= 11 is 0. The van der Waals surface area contributed by atoms with Gasteiger partial charge in [0.1, 0.15) is 0 Å². The van der Waals surface area contributed by atoms with Crippen LogP contribution in [0.1, 0.15) is 59.3 Å². The van der Waals surface area contributed by atoms with Crippen LogP contribution in [0.5, 0.6) is 0 Å². The molecule has 94 valence electrons. The predicted molar refractivity (Wildman–Crippen MR) is 66.3 cm³/mol. The molecule has 0 radical (unpaired) electrons. The second kappa shape index (κ2) is 6.27. The molecule has 0 bridgehead atoms. The standard InChI is InChI=1S/C14H26O2/c1-4-6-10(3)13-9-11(5-2)7-8-12(13)14(15)16/h10-13H,4-9H2,1-3H3,(H,15,16). The quantitative estimate of drug-likeness (QED) is 0.770. The number of aliphatic carboxylic acids is 1. The fourth-order valence-electron chi connectivity index (χ4n) is 3.27. The molecule has 0 spiro atoms. The molecule has 1 aliphatic carbocycles. The summed E-state index contributed by atoms with van der Waals surface area (Å²) in [5.41, 5.74) is 0. The molecule has 0 aromatic carbocycles. The van der Waals surface area contributed by atoms with Crippen molar-refractivity contribution in [2.75, 3.05) is 0 Å². The molecule has 1 N–H and O–H groups in total. The molecule has 0 heterocycles. The highest BCUT2D eigenvalue weighted by atomic mass is 16.4. The first-order valence-corrected chi connectivity index (χ1v) is 6.82. The highest BCUT2D eigenvalue weighted by molar-refractivity contribution is 5.70. The van der Waals surface area contributed by atoms with E-state index in [0.717, 1.165) is 25.2 Å². The third kappa shape index (κ3) is 3.23. The second-order valence-corrected chi connectivity index (χ2v) is 5.46. The largest absolute Gasteiger partial charge is 0.481 e. The van der Waals surface area contributed by atoms with Gasteiger partial charge >= 0.3 is 5.97 Å². The van der Waals surface area contributed by atoms with Crippen LogP contribution in [-0.2, 0) is 4.79 Å². The molecule has 1 saturated carbocycles. The minimum absolute atomic E-state index is 0.0793.